The zero-order chi connectivity index (χ0) is 19.7. The first-order valence-electron chi connectivity index (χ1n) is 8.06. The van der Waals surface area contributed by atoms with Crippen LogP contribution in [0.4, 0.5) is 13.2 Å². The number of benzene rings is 2. The fourth-order valence-electron chi connectivity index (χ4n) is 2.74. The van der Waals surface area contributed by atoms with Crippen LogP contribution in [0.25, 0.3) is 11.3 Å². The minimum absolute atomic E-state index is 0.0339. The van der Waals surface area contributed by atoms with Crippen molar-refractivity contribution in [2.24, 2.45) is 0 Å². The average Bonchev–Trinajstić information content (AvgIpc) is 3.01. The number of nitrogens with zero attached hydrogens (tertiary/aromatic N) is 2. The van der Waals surface area contributed by atoms with Gasteiger partial charge in [0.15, 0.2) is 5.69 Å². The molecule has 142 valence electrons. The molecule has 0 aliphatic rings. The molecule has 3 rings (SSSR count). The summed E-state index contributed by atoms with van der Waals surface area (Å²) in [6.07, 6.45) is -4.68. The van der Waals surface area contributed by atoms with Crippen LogP contribution in [0, 0.1) is 0 Å². The number of hydrogen-bond donors (Lipinski definition) is 1. The normalized spacial score (nSPS) is 12.1. The Labute approximate surface area is 154 Å². The number of nitrogens with one attached hydrogen (secondary N) is 1. The molecular formula is C18H16F3N3O2S. The summed E-state index contributed by atoms with van der Waals surface area (Å²) in [5.41, 5.74) is -0.706. The summed E-state index contributed by atoms with van der Waals surface area (Å²) in [6.45, 7) is 1.56. The molecule has 0 spiro atoms. The molecule has 2 aromatic carbocycles. The quantitative estimate of drug-likeness (QED) is 0.709. The molecule has 27 heavy (non-hydrogen) atoms. The van der Waals surface area contributed by atoms with E-state index in [1.165, 1.54) is 24.3 Å². The maximum absolute atomic E-state index is 13.4. The van der Waals surface area contributed by atoms with Crippen LogP contribution in [-0.2, 0) is 22.6 Å². The highest BCUT2D eigenvalue weighted by Gasteiger charge is 2.39. The van der Waals surface area contributed by atoms with E-state index in [1.54, 1.807) is 43.3 Å². The van der Waals surface area contributed by atoms with E-state index >= 15 is 0 Å². The van der Waals surface area contributed by atoms with Gasteiger partial charge in [-0.25, -0.2) is 0 Å². The minimum atomic E-state index is -4.71. The molecule has 0 radical (unpaired) electrons. The summed E-state index contributed by atoms with van der Waals surface area (Å²) in [5.74, 6) is 0. The van der Waals surface area contributed by atoms with Gasteiger partial charge in [0.2, 0.25) is 0 Å². The van der Waals surface area contributed by atoms with E-state index in [9.17, 15) is 21.6 Å². The van der Waals surface area contributed by atoms with Gasteiger partial charge in [0.25, 0.3) is 10.0 Å². The van der Waals surface area contributed by atoms with Gasteiger partial charge < -0.3 is 0 Å². The topological polar surface area (TPSA) is 64.0 Å². The lowest BCUT2D eigenvalue weighted by Gasteiger charge is -2.12. The number of alkyl halides is 3. The van der Waals surface area contributed by atoms with Crippen LogP contribution in [-0.4, -0.2) is 18.3 Å². The van der Waals surface area contributed by atoms with Crippen molar-refractivity contribution in [2.75, 3.05) is 4.83 Å². The molecule has 1 aromatic heterocycles. The van der Waals surface area contributed by atoms with Gasteiger partial charge in [-0.1, -0.05) is 55.5 Å². The van der Waals surface area contributed by atoms with Crippen LogP contribution in [0.3, 0.4) is 0 Å². The van der Waals surface area contributed by atoms with Crippen LogP contribution in [0.1, 0.15) is 18.2 Å². The largest absolute Gasteiger partial charge is 0.435 e. The van der Waals surface area contributed by atoms with Gasteiger partial charge in [-0.15, -0.1) is 5.10 Å². The summed E-state index contributed by atoms with van der Waals surface area (Å²) >= 11 is 0. The molecule has 9 heteroatoms. The third-order valence-corrected chi connectivity index (χ3v) is 5.22. The number of halogens is 3. The molecule has 0 unspecified atom stereocenters. The average molecular weight is 395 g/mol. The van der Waals surface area contributed by atoms with Crippen molar-refractivity contribution in [1.82, 2.24) is 9.89 Å². The van der Waals surface area contributed by atoms with E-state index in [2.05, 4.69) is 9.93 Å². The summed E-state index contributed by atoms with van der Waals surface area (Å²) in [5, 5.41) is 3.54. The van der Waals surface area contributed by atoms with Crippen molar-refractivity contribution in [1.29, 1.82) is 0 Å². The second kappa shape index (κ2) is 7.07. The molecule has 0 saturated heterocycles. The van der Waals surface area contributed by atoms with E-state index in [0.717, 1.165) is 0 Å². The van der Waals surface area contributed by atoms with Crippen LogP contribution in [0.2, 0.25) is 0 Å². The minimum Gasteiger partial charge on any atom is -0.200 e. The Balaban J connectivity index is 2.19. The fraction of sp³-hybridized carbons (Fsp3) is 0.167. The van der Waals surface area contributed by atoms with Crippen molar-refractivity contribution in [2.45, 2.75) is 24.4 Å². The molecule has 0 amide bonds. The van der Waals surface area contributed by atoms with Gasteiger partial charge in [0.1, 0.15) is 0 Å². The van der Waals surface area contributed by atoms with Gasteiger partial charge in [0.05, 0.1) is 10.6 Å². The maximum Gasteiger partial charge on any atom is 0.435 e. The van der Waals surface area contributed by atoms with E-state index in [-0.39, 0.29) is 22.6 Å². The van der Waals surface area contributed by atoms with Gasteiger partial charge in [-0.05, 0) is 18.6 Å². The maximum atomic E-state index is 13.4. The van der Waals surface area contributed by atoms with Crippen molar-refractivity contribution in [3.05, 3.63) is 71.9 Å². The lowest BCUT2D eigenvalue weighted by molar-refractivity contribution is -0.142. The van der Waals surface area contributed by atoms with Crippen molar-refractivity contribution >= 4 is 10.0 Å². The number of aromatic nitrogens is 2. The molecule has 0 atom stereocenters. The summed E-state index contributed by atoms with van der Waals surface area (Å²) < 4.78 is 65.5. The molecule has 1 N–H and O–H groups in total. The number of sulfonamides is 1. The van der Waals surface area contributed by atoms with Crippen molar-refractivity contribution < 1.29 is 21.6 Å². The lowest BCUT2D eigenvalue weighted by Crippen LogP contribution is -2.25. The Bertz CT molecular complexity index is 1030. The Morgan fingerprint density at radius 1 is 1.00 bits per heavy atom. The Kier molecular flexibility index (Phi) is 4.97. The van der Waals surface area contributed by atoms with Crippen molar-refractivity contribution in [3.8, 4) is 11.3 Å². The summed E-state index contributed by atoms with van der Waals surface area (Å²) in [6, 6.07) is 15.6. The zero-order valence-electron chi connectivity index (χ0n) is 14.2. The number of hydrogen-bond acceptors (Lipinski definition) is 3. The smallest absolute Gasteiger partial charge is 0.200 e. The van der Waals surface area contributed by atoms with Gasteiger partial charge in [-0.2, -0.15) is 31.2 Å². The third-order valence-electron chi connectivity index (χ3n) is 3.91. The Morgan fingerprint density at radius 2 is 1.56 bits per heavy atom. The Hall–Kier alpha value is -2.81. The lowest BCUT2D eigenvalue weighted by atomic mass is 10.0. The second-order valence-electron chi connectivity index (χ2n) is 5.71. The first kappa shape index (κ1) is 19.0. The van der Waals surface area contributed by atoms with Crippen LogP contribution in [0.5, 0.6) is 0 Å². The summed E-state index contributed by atoms with van der Waals surface area (Å²) in [4.78, 5) is 2.76. The fourth-order valence-corrected chi connectivity index (χ4v) is 3.72. The second-order valence-corrected chi connectivity index (χ2v) is 7.37. The highest BCUT2D eigenvalue weighted by atomic mass is 32.2. The predicted octanol–water partition coefficient (Wildman–Crippen LogP) is 4.06. The molecule has 3 aromatic rings. The SMILES string of the molecule is CCc1c(C(F)(F)F)nn(NS(=O)(=O)c2ccccc2)c1-c1ccccc1. The van der Waals surface area contributed by atoms with E-state index in [0.29, 0.717) is 10.4 Å². The molecule has 0 aliphatic carbocycles. The van der Waals surface area contributed by atoms with Crippen LogP contribution in [0.15, 0.2) is 65.6 Å². The highest BCUT2D eigenvalue weighted by molar-refractivity contribution is 7.92. The Morgan fingerprint density at radius 3 is 2.07 bits per heavy atom. The van der Waals surface area contributed by atoms with Gasteiger partial charge in [-0.3, -0.25) is 0 Å². The summed E-state index contributed by atoms with van der Waals surface area (Å²) in [7, 11) is -4.12. The molecule has 0 fully saturated rings. The molecular weight excluding hydrogens is 379 g/mol. The predicted molar refractivity (Wildman–Crippen MR) is 95.0 cm³/mol. The van der Waals surface area contributed by atoms with Crippen molar-refractivity contribution in [3.63, 3.8) is 0 Å². The standard InChI is InChI=1S/C18H16F3N3O2S/c1-2-15-16(13-9-5-3-6-10-13)24(22-17(15)18(19,20)21)23-27(25,26)14-11-7-4-8-12-14/h3-12,23H,2H2,1H3. The van der Waals surface area contributed by atoms with E-state index in [1.807, 2.05) is 0 Å². The third kappa shape index (κ3) is 3.82. The zero-order valence-corrected chi connectivity index (χ0v) is 15.1. The first-order valence-corrected chi connectivity index (χ1v) is 9.54. The van der Waals surface area contributed by atoms with Gasteiger partial charge in [0, 0.05) is 11.1 Å². The first-order chi connectivity index (χ1) is 12.7. The van der Waals surface area contributed by atoms with E-state index < -0.39 is 21.9 Å². The molecule has 0 bridgehead atoms. The molecule has 0 aliphatic heterocycles. The van der Waals surface area contributed by atoms with Crippen LogP contribution >= 0.6 is 0 Å². The molecule has 0 saturated carbocycles. The van der Waals surface area contributed by atoms with Crippen LogP contribution < -0.4 is 4.83 Å². The highest BCUT2D eigenvalue weighted by Crippen LogP contribution is 2.36. The monoisotopic (exact) mass is 395 g/mol. The number of rotatable bonds is 5. The van der Waals surface area contributed by atoms with E-state index in [4.69, 9.17) is 0 Å². The van der Waals surface area contributed by atoms with Gasteiger partial charge >= 0.3 is 6.18 Å². The molecule has 1 heterocycles. The molecule has 5 nitrogen and oxygen atoms in total.